The van der Waals surface area contributed by atoms with Crippen LogP contribution in [-0.4, -0.2) is 23.8 Å². The summed E-state index contributed by atoms with van der Waals surface area (Å²) in [6.45, 7) is 3.50. The van der Waals surface area contributed by atoms with Crippen LogP contribution in [0, 0.1) is 0 Å². The Kier molecular flexibility index (Phi) is 5.84. The smallest absolute Gasteiger partial charge is 0.277 e. The average molecular weight is 360 g/mol. The number of phenolic OH excluding ortho intramolecular Hbond substituents is 1. The van der Waals surface area contributed by atoms with E-state index >= 15 is 0 Å². The van der Waals surface area contributed by atoms with E-state index in [0.717, 1.165) is 16.3 Å². The van der Waals surface area contributed by atoms with Crippen molar-refractivity contribution in [1.82, 2.24) is 5.43 Å². The van der Waals surface area contributed by atoms with E-state index in [9.17, 15) is 9.90 Å². The molecule has 0 bridgehead atoms. The Hall–Kier alpha value is -3.60. The minimum atomic E-state index is -0.388. The van der Waals surface area contributed by atoms with Gasteiger partial charge < -0.3 is 9.84 Å². The number of nitrogens with zero attached hydrogens (tertiary/aromatic N) is 1. The molecule has 5 heteroatoms. The highest BCUT2D eigenvalue weighted by Gasteiger charge is 2.05. The van der Waals surface area contributed by atoms with Crippen molar-refractivity contribution >= 4 is 22.9 Å². The van der Waals surface area contributed by atoms with Crippen LogP contribution in [0.4, 0.5) is 0 Å². The number of phenols is 1. The van der Waals surface area contributed by atoms with Crippen LogP contribution in [0.15, 0.2) is 78.4 Å². The first-order chi connectivity index (χ1) is 13.2. The first kappa shape index (κ1) is 18.2. The van der Waals surface area contributed by atoms with Crippen molar-refractivity contribution in [2.75, 3.05) is 6.61 Å². The van der Waals surface area contributed by atoms with Crippen LogP contribution in [0.25, 0.3) is 10.8 Å². The summed E-state index contributed by atoms with van der Waals surface area (Å²) in [6, 6.07) is 18.9. The van der Waals surface area contributed by atoms with Gasteiger partial charge in [0.15, 0.2) is 6.61 Å². The molecule has 3 aromatic rings. The van der Waals surface area contributed by atoms with E-state index in [-0.39, 0.29) is 18.3 Å². The standard InChI is InChI=1S/C22H20N2O3/c1-2-6-17-9-5-10-19(22(17)26)14-23-24-21(25)15-27-20-12-11-16-7-3-4-8-18(16)13-20/h2-5,7-14,26H,1,6,15H2,(H,24,25)/b23-14+. The second-order valence-electron chi connectivity index (χ2n) is 5.94. The van der Waals surface area contributed by atoms with Crippen LogP contribution in [0.5, 0.6) is 11.5 Å². The van der Waals surface area contributed by atoms with Crippen molar-refractivity contribution in [1.29, 1.82) is 0 Å². The molecule has 3 rings (SSSR count). The van der Waals surface area contributed by atoms with Gasteiger partial charge in [-0.2, -0.15) is 5.10 Å². The highest BCUT2D eigenvalue weighted by molar-refractivity contribution is 5.86. The van der Waals surface area contributed by atoms with Crippen molar-refractivity contribution in [3.8, 4) is 11.5 Å². The Balaban J connectivity index is 1.55. The molecule has 0 aliphatic carbocycles. The van der Waals surface area contributed by atoms with Crippen molar-refractivity contribution in [2.24, 2.45) is 5.10 Å². The molecular weight excluding hydrogens is 340 g/mol. The zero-order valence-corrected chi connectivity index (χ0v) is 14.8. The lowest BCUT2D eigenvalue weighted by molar-refractivity contribution is -0.123. The zero-order chi connectivity index (χ0) is 19.1. The topological polar surface area (TPSA) is 70.9 Å². The van der Waals surface area contributed by atoms with Gasteiger partial charge in [-0.25, -0.2) is 5.43 Å². The number of hydrogen-bond donors (Lipinski definition) is 2. The van der Waals surface area contributed by atoms with E-state index in [1.165, 1.54) is 6.21 Å². The number of carbonyl (C=O) groups excluding carboxylic acids is 1. The molecule has 0 saturated heterocycles. The number of nitrogens with one attached hydrogen (secondary N) is 1. The quantitative estimate of drug-likeness (QED) is 0.382. The van der Waals surface area contributed by atoms with Gasteiger partial charge in [-0.3, -0.25) is 4.79 Å². The van der Waals surface area contributed by atoms with Crippen LogP contribution in [0.2, 0.25) is 0 Å². The summed E-state index contributed by atoms with van der Waals surface area (Å²) in [6.07, 6.45) is 3.66. The number of ether oxygens (including phenoxy) is 1. The number of amides is 1. The highest BCUT2D eigenvalue weighted by atomic mass is 16.5. The molecule has 2 N–H and O–H groups in total. The van der Waals surface area contributed by atoms with Crippen LogP contribution >= 0.6 is 0 Å². The van der Waals surface area contributed by atoms with Gasteiger partial charge in [0.1, 0.15) is 11.5 Å². The fraction of sp³-hybridized carbons (Fsp3) is 0.0909. The molecule has 5 nitrogen and oxygen atoms in total. The Labute approximate surface area is 157 Å². The fourth-order valence-corrected chi connectivity index (χ4v) is 2.65. The predicted octanol–water partition coefficient (Wildman–Crippen LogP) is 3.80. The monoisotopic (exact) mass is 360 g/mol. The van der Waals surface area contributed by atoms with Crippen molar-refractivity contribution in [3.63, 3.8) is 0 Å². The molecule has 0 aromatic heterocycles. The summed E-state index contributed by atoms with van der Waals surface area (Å²) in [4.78, 5) is 11.9. The lowest BCUT2D eigenvalue weighted by atomic mass is 10.1. The van der Waals surface area contributed by atoms with Gasteiger partial charge >= 0.3 is 0 Å². The van der Waals surface area contributed by atoms with E-state index in [2.05, 4.69) is 17.1 Å². The summed E-state index contributed by atoms with van der Waals surface area (Å²) in [5.74, 6) is 0.353. The first-order valence-corrected chi connectivity index (χ1v) is 8.52. The number of hydrogen-bond acceptors (Lipinski definition) is 4. The zero-order valence-electron chi connectivity index (χ0n) is 14.8. The maximum Gasteiger partial charge on any atom is 0.277 e. The summed E-state index contributed by atoms with van der Waals surface area (Å²) in [7, 11) is 0. The molecule has 0 fully saturated rings. The molecule has 0 aliphatic rings. The number of fused-ring (bicyclic) bond motifs is 1. The summed E-state index contributed by atoms with van der Waals surface area (Å²) < 4.78 is 5.51. The third kappa shape index (κ3) is 4.73. The molecule has 0 atom stereocenters. The van der Waals surface area contributed by atoms with Gasteiger partial charge in [-0.15, -0.1) is 6.58 Å². The van der Waals surface area contributed by atoms with Crippen LogP contribution < -0.4 is 10.2 Å². The Bertz CT molecular complexity index is 996. The van der Waals surface area contributed by atoms with E-state index in [4.69, 9.17) is 4.74 Å². The van der Waals surface area contributed by atoms with E-state index in [1.54, 1.807) is 12.1 Å². The molecule has 3 aromatic carbocycles. The third-order valence-electron chi connectivity index (χ3n) is 4.00. The Morgan fingerprint density at radius 3 is 2.74 bits per heavy atom. The van der Waals surface area contributed by atoms with E-state index in [0.29, 0.717) is 17.7 Å². The van der Waals surface area contributed by atoms with E-state index < -0.39 is 0 Å². The molecule has 0 unspecified atom stereocenters. The summed E-state index contributed by atoms with van der Waals surface area (Å²) in [5, 5.41) is 16.2. The van der Waals surface area contributed by atoms with Gasteiger partial charge in [-0.1, -0.05) is 48.5 Å². The molecular formula is C22H20N2O3. The normalized spacial score (nSPS) is 10.8. The number of allylic oxidation sites excluding steroid dienone is 1. The van der Waals surface area contributed by atoms with Crippen molar-refractivity contribution in [3.05, 3.63) is 84.4 Å². The van der Waals surface area contributed by atoms with Gasteiger partial charge in [0.25, 0.3) is 5.91 Å². The maximum atomic E-state index is 11.9. The van der Waals surface area contributed by atoms with Crippen LogP contribution in [0.1, 0.15) is 11.1 Å². The van der Waals surface area contributed by atoms with Crippen LogP contribution in [0.3, 0.4) is 0 Å². The molecule has 136 valence electrons. The number of aromatic hydroxyl groups is 1. The molecule has 0 radical (unpaired) electrons. The largest absolute Gasteiger partial charge is 0.507 e. The number of para-hydroxylation sites is 1. The van der Waals surface area contributed by atoms with Gasteiger partial charge in [0.2, 0.25) is 0 Å². The first-order valence-electron chi connectivity index (χ1n) is 8.52. The minimum absolute atomic E-state index is 0.128. The third-order valence-corrected chi connectivity index (χ3v) is 4.00. The molecule has 1 amide bonds. The number of benzene rings is 3. The number of carbonyl (C=O) groups is 1. The molecule has 27 heavy (non-hydrogen) atoms. The van der Waals surface area contributed by atoms with Gasteiger partial charge in [0.05, 0.1) is 6.21 Å². The summed E-state index contributed by atoms with van der Waals surface area (Å²) >= 11 is 0. The van der Waals surface area contributed by atoms with Crippen molar-refractivity contribution in [2.45, 2.75) is 6.42 Å². The SMILES string of the molecule is C=CCc1cccc(/C=N/NC(=O)COc2ccc3ccccc3c2)c1O. The second kappa shape index (κ2) is 8.67. The average Bonchev–Trinajstić information content (AvgIpc) is 2.69. The highest BCUT2D eigenvalue weighted by Crippen LogP contribution is 2.22. The van der Waals surface area contributed by atoms with Gasteiger partial charge in [-0.05, 0) is 41.0 Å². The minimum Gasteiger partial charge on any atom is -0.507 e. The van der Waals surface area contributed by atoms with E-state index in [1.807, 2.05) is 54.6 Å². The summed E-state index contributed by atoms with van der Waals surface area (Å²) in [5.41, 5.74) is 3.66. The second-order valence-corrected chi connectivity index (χ2v) is 5.94. The fourth-order valence-electron chi connectivity index (χ4n) is 2.65. The molecule has 0 spiro atoms. The Morgan fingerprint density at radius 1 is 1.11 bits per heavy atom. The predicted molar refractivity (Wildman–Crippen MR) is 107 cm³/mol. The lowest BCUT2D eigenvalue weighted by Crippen LogP contribution is -2.24. The Morgan fingerprint density at radius 2 is 1.93 bits per heavy atom. The van der Waals surface area contributed by atoms with Crippen LogP contribution in [-0.2, 0) is 11.2 Å². The molecule has 0 saturated carbocycles. The number of rotatable bonds is 7. The maximum absolute atomic E-state index is 11.9. The lowest BCUT2D eigenvalue weighted by Gasteiger charge is -2.07. The molecule has 0 heterocycles. The van der Waals surface area contributed by atoms with Gasteiger partial charge in [0, 0.05) is 5.56 Å². The number of hydrazone groups is 1. The van der Waals surface area contributed by atoms with Crippen molar-refractivity contribution < 1.29 is 14.6 Å². The molecule has 0 aliphatic heterocycles.